The van der Waals surface area contributed by atoms with Crippen molar-refractivity contribution < 1.29 is 29.0 Å². The molecule has 2 aromatic rings. The number of esters is 1. The molecule has 0 aromatic heterocycles. The second kappa shape index (κ2) is 15.6. The first-order valence-corrected chi connectivity index (χ1v) is 12.7. The van der Waals surface area contributed by atoms with Gasteiger partial charge in [0.15, 0.2) is 0 Å². The van der Waals surface area contributed by atoms with Crippen molar-refractivity contribution in [3.63, 3.8) is 0 Å². The van der Waals surface area contributed by atoms with Crippen molar-refractivity contribution in [3.05, 3.63) is 83.9 Å². The lowest BCUT2D eigenvalue weighted by atomic mass is 9.98. The third-order valence-corrected chi connectivity index (χ3v) is 6.04. The van der Waals surface area contributed by atoms with Crippen molar-refractivity contribution in [1.82, 2.24) is 10.6 Å². The lowest BCUT2D eigenvalue weighted by molar-refractivity contribution is -0.145. The predicted molar refractivity (Wildman–Crippen MR) is 139 cm³/mol. The summed E-state index contributed by atoms with van der Waals surface area (Å²) in [6, 6.07) is 18.3. The molecule has 0 unspecified atom stereocenters. The molecule has 0 aliphatic carbocycles. The number of amides is 2. The molecule has 1 aliphatic rings. The van der Waals surface area contributed by atoms with Crippen molar-refractivity contribution in [1.29, 1.82) is 0 Å². The molecular weight excluding hydrogens is 472 g/mol. The Morgan fingerprint density at radius 2 is 1.76 bits per heavy atom. The SMILES string of the molecule is O=C(C[C@H]1CC=CCCC(=O)OC[C@H](COCc2ccccc2)NC1=O)N[C@@H](CO)Cc1ccccc1. The maximum atomic E-state index is 13.2. The van der Waals surface area contributed by atoms with Crippen LogP contribution in [0.25, 0.3) is 0 Å². The molecule has 3 N–H and O–H groups in total. The van der Waals surface area contributed by atoms with E-state index in [9.17, 15) is 19.5 Å². The van der Waals surface area contributed by atoms with E-state index in [0.717, 1.165) is 11.1 Å². The molecule has 2 aromatic carbocycles. The third kappa shape index (κ3) is 10.6. The highest BCUT2D eigenvalue weighted by atomic mass is 16.5. The fourth-order valence-electron chi connectivity index (χ4n) is 4.04. The molecule has 0 fully saturated rings. The number of aliphatic hydroxyl groups excluding tert-OH is 1. The molecular formula is C29H36N2O6. The number of ether oxygens (including phenoxy) is 2. The minimum atomic E-state index is -0.612. The summed E-state index contributed by atoms with van der Waals surface area (Å²) >= 11 is 0. The van der Waals surface area contributed by atoms with E-state index in [1.165, 1.54) is 0 Å². The van der Waals surface area contributed by atoms with E-state index in [0.29, 0.717) is 25.9 Å². The fourth-order valence-corrected chi connectivity index (χ4v) is 4.04. The number of carbonyl (C=O) groups excluding carboxylic acids is 3. The number of rotatable bonds is 10. The maximum absolute atomic E-state index is 13.2. The average Bonchev–Trinajstić information content (AvgIpc) is 2.90. The fraction of sp³-hybridized carbons (Fsp3) is 0.414. The summed E-state index contributed by atoms with van der Waals surface area (Å²) in [6.45, 7) is 0.307. The number of benzene rings is 2. The number of aliphatic hydroxyl groups is 1. The summed E-state index contributed by atoms with van der Waals surface area (Å²) < 4.78 is 11.1. The zero-order valence-electron chi connectivity index (χ0n) is 21.0. The molecule has 3 atom stereocenters. The van der Waals surface area contributed by atoms with Gasteiger partial charge in [0.25, 0.3) is 0 Å². The maximum Gasteiger partial charge on any atom is 0.306 e. The van der Waals surface area contributed by atoms with Crippen LogP contribution in [0.2, 0.25) is 0 Å². The van der Waals surface area contributed by atoms with E-state index in [-0.39, 0.29) is 50.4 Å². The van der Waals surface area contributed by atoms with Gasteiger partial charge in [-0.1, -0.05) is 72.8 Å². The van der Waals surface area contributed by atoms with Crippen molar-refractivity contribution in [2.24, 2.45) is 5.92 Å². The van der Waals surface area contributed by atoms with Crippen LogP contribution >= 0.6 is 0 Å². The number of carbonyl (C=O) groups is 3. The lowest BCUT2D eigenvalue weighted by Gasteiger charge is -2.23. The van der Waals surface area contributed by atoms with Gasteiger partial charge in [-0.3, -0.25) is 14.4 Å². The Morgan fingerprint density at radius 1 is 1.05 bits per heavy atom. The van der Waals surface area contributed by atoms with Crippen LogP contribution in [0.15, 0.2) is 72.8 Å². The van der Waals surface area contributed by atoms with Gasteiger partial charge in [0.05, 0.1) is 37.8 Å². The largest absolute Gasteiger partial charge is 0.463 e. The molecule has 198 valence electrons. The van der Waals surface area contributed by atoms with Crippen LogP contribution in [-0.2, 0) is 36.9 Å². The summed E-state index contributed by atoms with van der Waals surface area (Å²) in [6.07, 6.45) is 5.20. The molecule has 8 heteroatoms. The first kappa shape index (κ1) is 28.1. The summed E-state index contributed by atoms with van der Waals surface area (Å²) in [5.74, 6) is -1.57. The van der Waals surface area contributed by atoms with Crippen LogP contribution in [-0.4, -0.2) is 54.8 Å². The van der Waals surface area contributed by atoms with Gasteiger partial charge in [0.1, 0.15) is 6.61 Å². The highest BCUT2D eigenvalue weighted by Crippen LogP contribution is 2.14. The van der Waals surface area contributed by atoms with Crippen molar-refractivity contribution in [2.75, 3.05) is 19.8 Å². The van der Waals surface area contributed by atoms with E-state index in [1.807, 2.05) is 72.8 Å². The van der Waals surface area contributed by atoms with Crippen LogP contribution in [0.5, 0.6) is 0 Å². The number of hydrogen-bond acceptors (Lipinski definition) is 6. The minimum absolute atomic E-state index is 0.00828. The zero-order chi connectivity index (χ0) is 26.3. The van der Waals surface area contributed by atoms with E-state index in [1.54, 1.807) is 0 Å². The Bertz CT molecular complexity index is 1010. The predicted octanol–water partition coefficient (Wildman–Crippen LogP) is 2.70. The highest BCUT2D eigenvalue weighted by Gasteiger charge is 2.25. The zero-order valence-corrected chi connectivity index (χ0v) is 21.0. The summed E-state index contributed by atoms with van der Waals surface area (Å²) in [7, 11) is 0. The highest BCUT2D eigenvalue weighted by molar-refractivity contribution is 5.86. The molecule has 8 nitrogen and oxygen atoms in total. The number of cyclic esters (lactones) is 1. The van der Waals surface area contributed by atoms with Gasteiger partial charge in [0, 0.05) is 12.8 Å². The molecule has 0 spiro atoms. The molecule has 1 aliphatic heterocycles. The van der Waals surface area contributed by atoms with Gasteiger partial charge >= 0.3 is 5.97 Å². The Morgan fingerprint density at radius 3 is 2.46 bits per heavy atom. The molecule has 0 bridgehead atoms. The van der Waals surface area contributed by atoms with E-state index < -0.39 is 18.0 Å². The monoisotopic (exact) mass is 508 g/mol. The molecule has 1 heterocycles. The van der Waals surface area contributed by atoms with Gasteiger partial charge in [-0.15, -0.1) is 0 Å². The van der Waals surface area contributed by atoms with Crippen molar-refractivity contribution in [2.45, 2.75) is 50.8 Å². The van der Waals surface area contributed by atoms with Gasteiger partial charge in [0.2, 0.25) is 11.8 Å². The van der Waals surface area contributed by atoms with Crippen molar-refractivity contribution >= 4 is 17.8 Å². The third-order valence-electron chi connectivity index (χ3n) is 6.04. The van der Waals surface area contributed by atoms with Crippen LogP contribution in [0.4, 0.5) is 0 Å². The normalized spacial score (nSPS) is 19.6. The second-order valence-electron chi connectivity index (χ2n) is 9.17. The van der Waals surface area contributed by atoms with Crippen LogP contribution in [0, 0.1) is 5.92 Å². The smallest absolute Gasteiger partial charge is 0.306 e. The number of allylic oxidation sites excluding steroid dienone is 2. The van der Waals surface area contributed by atoms with Gasteiger partial charge in [-0.05, 0) is 30.4 Å². The molecule has 2 amide bonds. The van der Waals surface area contributed by atoms with Gasteiger partial charge < -0.3 is 25.2 Å². The summed E-state index contributed by atoms with van der Waals surface area (Å²) in [4.78, 5) is 38.0. The van der Waals surface area contributed by atoms with Gasteiger partial charge in [-0.2, -0.15) is 0 Å². The standard InChI is InChI=1S/C29H36N2O6/c32-18-25(16-22-10-4-1-5-11-22)30-27(33)17-24-14-8-3-9-15-28(34)37-21-26(31-29(24)35)20-36-19-23-12-6-2-7-13-23/h1-8,10-13,24-26,32H,9,14-21H2,(H,30,33)(H,31,35)/t24-,25-,26+/m1/s1. The van der Waals surface area contributed by atoms with Crippen molar-refractivity contribution in [3.8, 4) is 0 Å². The summed E-state index contributed by atoms with van der Waals surface area (Å²) in [5.41, 5.74) is 1.99. The first-order chi connectivity index (χ1) is 18.0. The second-order valence-corrected chi connectivity index (χ2v) is 9.17. The van der Waals surface area contributed by atoms with Crippen LogP contribution in [0.1, 0.15) is 36.8 Å². The first-order valence-electron chi connectivity index (χ1n) is 12.7. The minimum Gasteiger partial charge on any atom is -0.463 e. The van der Waals surface area contributed by atoms with E-state index in [2.05, 4.69) is 10.6 Å². The summed E-state index contributed by atoms with van der Waals surface area (Å²) in [5, 5.41) is 15.5. The molecule has 0 saturated heterocycles. The van der Waals surface area contributed by atoms with Gasteiger partial charge in [-0.25, -0.2) is 0 Å². The lowest BCUT2D eigenvalue weighted by Crippen LogP contribution is -2.46. The van der Waals surface area contributed by atoms with Crippen LogP contribution in [0.3, 0.4) is 0 Å². The molecule has 3 rings (SSSR count). The van der Waals surface area contributed by atoms with E-state index >= 15 is 0 Å². The van der Waals surface area contributed by atoms with E-state index in [4.69, 9.17) is 9.47 Å². The number of nitrogens with one attached hydrogen (secondary N) is 2. The Labute approximate surface area is 218 Å². The molecule has 0 radical (unpaired) electrons. The Hall–Kier alpha value is -3.49. The average molecular weight is 509 g/mol. The Balaban J connectivity index is 1.60. The number of hydrogen-bond donors (Lipinski definition) is 3. The Kier molecular flexibility index (Phi) is 11.8. The van der Waals surface area contributed by atoms with Crippen LogP contribution < -0.4 is 10.6 Å². The topological polar surface area (TPSA) is 114 Å². The molecule has 37 heavy (non-hydrogen) atoms. The quantitative estimate of drug-likeness (QED) is 0.336. The molecule has 0 saturated carbocycles.